The number of nitrogens with one attached hydrogen (secondary N) is 1. The Balaban J connectivity index is 1.50. The van der Waals surface area contributed by atoms with Crippen LogP contribution in [0.2, 0.25) is 5.02 Å². The Morgan fingerprint density at radius 3 is 3.00 bits per heavy atom. The number of carbonyl (C=O) groups excluding carboxylic acids is 1. The third kappa shape index (κ3) is 3.37. The predicted molar refractivity (Wildman–Crippen MR) is 107 cm³/mol. The van der Waals surface area contributed by atoms with Gasteiger partial charge in [0.05, 0.1) is 0 Å². The lowest BCUT2D eigenvalue weighted by molar-refractivity contribution is 0.222. The fourth-order valence-electron chi connectivity index (χ4n) is 3.63. The molecule has 140 valence electrons. The molecule has 2 aromatic heterocycles. The Morgan fingerprint density at radius 2 is 2.22 bits per heavy atom. The zero-order chi connectivity index (χ0) is 19.0. The van der Waals surface area contributed by atoms with E-state index in [4.69, 9.17) is 16.6 Å². The number of nitrogens with zero attached hydrogens (tertiary/aromatic N) is 4. The summed E-state index contributed by atoms with van der Waals surface area (Å²) in [4.78, 5) is 23.7. The van der Waals surface area contributed by atoms with Gasteiger partial charge in [-0.1, -0.05) is 17.7 Å². The maximum absolute atomic E-state index is 12.6. The van der Waals surface area contributed by atoms with Gasteiger partial charge in [0.15, 0.2) is 5.65 Å². The molecule has 1 fully saturated rings. The van der Waals surface area contributed by atoms with E-state index in [-0.39, 0.29) is 11.9 Å². The second kappa shape index (κ2) is 7.19. The second-order valence-corrected chi connectivity index (χ2v) is 7.29. The summed E-state index contributed by atoms with van der Waals surface area (Å²) in [5, 5.41) is 3.59. The summed E-state index contributed by atoms with van der Waals surface area (Å²) in [5.41, 5.74) is 3.52. The third-order valence-corrected chi connectivity index (χ3v) is 5.52. The summed E-state index contributed by atoms with van der Waals surface area (Å²) in [5.74, 6) is 1.23. The predicted octanol–water partition coefficient (Wildman–Crippen LogP) is 4.43. The van der Waals surface area contributed by atoms with Crippen molar-refractivity contribution in [2.24, 2.45) is 0 Å². The first-order valence-corrected chi connectivity index (χ1v) is 9.58. The Morgan fingerprint density at radius 1 is 1.37 bits per heavy atom. The molecule has 27 heavy (non-hydrogen) atoms. The first kappa shape index (κ1) is 17.8. The molecule has 0 aliphatic carbocycles. The van der Waals surface area contributed by atoms with Gasteiger partial charge in [-0.3, -0.25) is 0 Å². The molecule has 2 amide bonds. The quantitative estimate of drug-likeness (QED) is 0.727. The van der Waals surface area contributed by atoms with Crippen molar-refractivity contribution < 1.29 is 4.79 Å². The number of aryl methyl sites for hydroxylation is 2. The monoisotopic (exact) mass is 383 g/mol. The van der Waals surface area contributed by atoms with Gasteiger partial charge in [0.2, 0.25) is 0 Å². The molecule has 1 aromatic carbocycles. The summed E-state index contributed by atoms with van der Waals surface area (Å²) in [6, 6.07) is 9.34. The number of halogens is 1. The van der Waals surface area contributed by atoms with Crippen molar-refractivity contribution in [1.82, 2.24) is 19.4 Å². The van der Waals surface area contributed by atoms with Gasteiger partial charge >= 0.3 is 6.03 Å². The van der Waals surface area contributed by atoms with Gasteiger partial charge in [0.25, 0.3) is 0 Å². The average Bonchev–Trinajstić information content (AvgIpc) is 3.29. The Kier molecular flexibility index (Phi) is 4.74. The molecule has 1 aliphatic heterocycles. The fourth-order valence-corrected chi connectivity index (χ4v) is 3.81. The molecule has 1 atom stereocenters. The van der Waals surface area contributed by atoms with Gasteiger partial charge in [-0.05, 0) is 50.1 Å². The number of aromatic nitrogens is 3. The highest BCUT2D eigenvalue weighted by Gasteiger charge is 2.31. The second-order valence-electron chi connectivity index (χ2n) is 6.89. The highest BCUT2D eigenvalue weighted by atomic mass is 35.5. The zero-order valence-electron chi connectivity index (χ0n) is 15.4. The number of imidazole rings is 1. The van der Waals surface area contributed by atoms with Crippen LogP contribution in [0, 0.1) is 6.92 Å². The van der Waals surface area contributed by atoms with Crippen LogP contribution >= 0.6 is 11.6 Å². The molecule has 0 radical (unpaired) electrons. The third-order valence-electron chi connectivity index (χ3n) is 5.11. The highest BCUT2D eigenvalue weighted by molar-refractivity contribution is 6.31. The van der Waals surface area contributed by atoms with E-state index in [9.17, 15) is 4.79 Å². The molecule has 4 rings (SSSR count). The number of likely N-dealkylation sites (tertiary alicyclic amines) is 1. The van der Waals surface area contributed by atoms with Crippen LogP contribution in [-0.4, -0.2) is 38.6 Å². The van der Waals surface area contributed by atoms with Gasteiger partial charge < -0.3 is 14.8 Å². The zero-order valence-corrected chi connectivity index (χ0v) is 16.2. The number of urea groups is 1. The van der Waals surface area contributed by atoms with Crippen LogP contribution in [0.1, 0.15) is 30.7 Å². The van der Waals surface area contributed by atoms with Crippen LogP contribution in [0.5, 0.6) is 0 Å². The lowest BCUT2D eigenvalue weighted by atomic mass is 10.1. The Bertz CT molecular complexity index is 999. The summed E-state index contributed by atoms with van der Waals surface area (Å²) in [6.07, 6.45) is 2.69. The van der Waals surface area contributed by atoms with Crippen molar-refractivity contribution in [2.75, 3.05) is 18.4 Å². The number of fused-ring (bicyclic) bond motifs is 1. The van der Waals surface area contributed by atoms with Gasteiger partial charge in [0, 0.05) is 42.5 Å². The Hall–Kier alpha value is -2.60. The number of hydrogen-bond acceptors (Lipinski definition) is 3. The number of rotatable bonds is 3. The van der Waals surface area contributed by atoms with E-state index >= 15 is 0 Å². The first-order valence-electron chi connectivity index (χ1n) is 9.20. The topological polar surface area (TPSA) is 63.1 Å². The maximum Gasteiger partial charge on any atom is 0.321 e. The van der Waals surface area contributed by atoms with Crippen LogP contribution in [0.15, 0.2) is 36.5 Å². The highest BCUT2D eigenvalue weighted by Crippen LogP contribution is 2.29. The Labute approximate surface area is 163 Å². The van der Waals surface area contributed by atoms with Crippen molar-refractivity contribution in [2.45, 2.75) is 32.7 Å². The van der Waals surface area contributed by atoms with Crippen LogP contribution < -0.4 is 5.32 Å². The molecule has 0 saturated carbocycles. The molecule has 3 aromatic rings. The van der Waals surface area contributed by atoms with Crippen LogP contribution in [-0.2, 0) is 6.54 Å². The summed E-state index contributed by atoms with van der Waals surface area (Å²) >= 11 is 6.15. The number of carbonyl (C=O) groups is 1. The summed E-state index contributed by atoms with van der Waals surface area (Å²) < 4.78 is 2.15. The summed E-state index contributed by atoms with van der Waals surface area (Å²) in [6.45, 7) is 6.20. The number of amides is 2. The van der Waals surface area contributed by atoms with Crippen molar-refractivity contribution in [3.63, 3.8) is 0 Å². The first-order chi connectivity index (χ1) is 13.1. The van der Waals surface area contributed by atoms with Crippen LogP contribution in [0.4, 0.5) is 10.5 Å². The lowest BCUT2D eigenvalue weighted by Crippen LogP contribution is -2.33. The largest absolute Gasteiger partial charge is 0.324 e. The molecule has 1 aliphatic rings. The fraction of sp³-hybridized carbons (Fsp3) is 0.350. The minimum Gasteiger partial charge on any atom is -0.324 e. The number of pyridine rings is 1. The van der Waals surface area contributed by atoms with Gasteiger partial charge in [-0.2, -0.15) is 0 Å². The number of hydrogen-bond donors (Lipinski definition) is 1. The van der Waals surface area contributed by atoms with E-state index in [1.165, 1.54) is 0 Å². The summed E-state index contributed by atoms with van der Waals surface area (Å²) in [7, 11) is 0. The van der Waals surface area contributed by atoms with Crippen molar-refractivity contribution in [3.8, 4) is 0 Å². The standard InChI is InChI=1S/C20H22ClN5O/c1-3-26-18(24-17-5-4-9-22-19(17)26)14-8-10-25(12-14)20(27)23-15-7-6-13(2)16(21)11-15/h4-7,9,11,14H,3,8,10,12H2,1-2H3,(H,23,27)/t14-/m1/s1. The van der Waals surface area contributed by atoms with E-state index < -0.39 is 0 Å². The molecule has 0 bridgehead atoms. The molecule has 7 heteroatoms. The van der Waals surface area contributed by atoms with Gasteiger partial charge in [0.1, 0.15) is 11.3 Å². The van der Waals surface area contributed by atoms with E-state index in [1.807, 2.05) is 36.1 Å². The molecular weight excluding hydrogens is 362 g/mol. The molecule has 0 spiro atoms. The average molecular weight is 384 g/mol. The molecular formula is C20H22ClN5O. The van der Waals surface area contributed by atoms with Gasteiger partial charge in [-0.25, -0.2) is 14.8 Å². The minimum absolute atomic E-state index is 0.102. The molecule has 1 saturated heterocycles. The maximum atomic E-state index is 12.6. The van der Waals surface area contributed by atoms with E-state index in [2.05, 4.69) is 21.8 Å². The van der Waals surface area contributed by atoms with Crippen molar-refractivity contribution in [1.29, 1.82) is 0 Å². The number of benzene rings is 1. The molecule has 6 nitrogen and oxygen atoms in total. The molecule has 3 heterocycles. The van der Waals surface area contributed by atoms with Crippen LogP contribution in [0.3, 0.4) is 0 Å². The van der Waals surface area contributed by atoms with Gasteiger partial charge in [-0.15, -0.1) is 0 Å². The lowest BCUT2D eigenvalue weighted by Gasteiger charge is -2.18. The van der Waals surface area contributed by atoms with E-state index in [0.29, 0.717) is 23.8 Å². The van der Waals surface area contributed by atoms with E-state index in [0.717, 1.165) is 35.5 Å². The van der Waals surface area contributed by atoms with Crippen molar-refractivity contribution in [3.05, 3.63) is 52.9 Å². The van der Waals surface area contributed by atoms with Crippen molar-refractivity contribution >= 4 is 34.5 Å². The van der Waals surface area contributed by atoms with Crippen LogP contribution in [0.25, 0.3) is 11.2 Å². The molecule has 1 N–H and O–H groups in total. The van der Waals surface area contributed by atoms with E-state index in [1.54, 1.807) is 12.3 Å². The minimum atomic E-state index is -0.102. The molecule has 0 unspecified atom stereocenters. The number of anilines is 1. The normalized spacial score (nSPS) is 16.9. The smallest absolute Gasteiger partial charge is 0.321 e. The SMILES string of the molecule is CCn1c([C@@H]2CCN(C(=O)Nc3ccc(C)c(Cl)c3)C2)nc2cccnc21.